The van der Waals surface area contributed by atoms with Crippen molar-refractivity contribution in [2.45, 2.75) is 32.0 Å². The molecule has 3 heteroatoms. The van der Waals surface area contributed by atoms with Crippen LogP contribution in [-0.4, -0.2) is 19.5 Å². The van der Waals surface area contributed by atoms with E-state index in [2.05, 4.69) is 11.4 Å². The maximum atomic E-state index is 5.63. The van der Waals surface area contributed by atoms with Crippen LogP contribution in [0.1, 0.15) is 24.1 Å². The van der Waals surface area contributed by atoms with Gasteiger partial charge < -0.3 is 9.47 Å². The molecule has 0 spiro atoms. The monoisotopic (exact) mass is 211 g/mol. The van der Waals surface area contributed by atoms with Gasteiger partial charge in [0, 0.05) is 23.3 Å². The lowest BCUT2D eigenvalue weighted by atomic mass is 10.2. The van der Waals surface area contributed by atoms with Crippen LogP contribution in [0.25, 0.3) is 0 Å². The highest BCUT2D eigenvalue weighted by molar-refractivity contribution is 7.09. The Balaban J connectivity index is 1.62. The van der Waals surface area contributed by atoms with Gasteiger partial charge in [-0.25, -0.2) is 0 Å². The van der Waals surface area contributed by atoms with Crippen LogP contribution < -0.4 is 0 Å². The summed E-state index contributed by atoms with van der Waals surface area (Å²) in [6.45, 7) is 1.62. The van der Waals surface area contributed by atoms with Gasteiger partial charge >= 0.3 is 0 Å². The van der Waals surface area contributed by atoms with Crippen LogP contribution in [0.2, 0.25) is 0 Å². The van der Waals surface area contributed by atoms with E-state index in [9.17, 15) is 0 Å². The molecule has 1 aliphatic heterocycles. The smallest absolute Gasteiger partial charge is 0.157 e. The Morgan fingerprint density at radius 3 is 3.29 bits per heavy atom. The van der Waals surface area contributed by atoms with Crippen LogP contribution in [0.5, 0.6) is 0 Å². The molecular weight excluding hydrogens is 196 g/mol. The third kappa shape index (κ3) is 3.08. The summed E-state index contributed by atoms with van der Waals surface area (Å²) in [7, 11) is 0. The molecule has 1 saturated heterocycles. The Bertz CT molecular complexity index is 240. The van der Waals surface area contributed by atoms with Crippen molar-refractivity contribution in [1.29, 1.82) is 0 Å². The van der Waals surface area contributed by atoms with Crippen molar-refractivity contribution < 1.29 is 9.47 Å². The van der Waals surface area contributed by atoms with Gasteiger partial charge in [0.1, 0.15) is 0 Å². The fraction of sp³-hybridized carbons (Fsp3) is 0.636. The second kappa shape index (κ2) is 5.49. The molecular formula is C11H15O2S. The van der Waals surface area contributed by atoms with Crippen molar-refractivity contribution in [2.24, 2.45) is 0 Å². The van der Waals surface area contributed by atoms with Gasteiger partial charge in [-0.1, -0.05) is 0 Å². The van der Waals surface area contributed by atoms with Gasteiger partial charge in [0.2, 0.25) is 0 Å². The SMILES string of the molecule is [c]1ccc(CCOC2CCCCO2)s1. The molecule has 1 aromatic rings. The zero-order chi connectivity index (χ0) is 9.64. The Morgan fingerprint density at radius 2 is 2.57 bits per heavy atom. The van der Waals surface area contributed by atoms with Crippen molar-refractivity contribution in [3.05, 3.63) is 22.4 Å². The first-order valence-electron chi connectivity index (χ1n) is 5.13. The summed E-state index contributed by atoms with van der Waals surface area (Å²) >= 11 is 1.66. The van der Waals surface area contributed by atoms with Gasteiger partial charge in [-0.15, -0.1) is 11.3 Å². The number of hydrogen-bond acceptors (Lipinski definition) is 3. The molecule has 77 valence electrons. The Labute approximate surface area is 88.8 Å². The molecule has 0 amide bonds. The molecule has 2 rings (SSSR count). The van der Waals surface area contributed by atoms with Crippen LogP contribution in [0, 0.1) is 5.38 Å². The summed E-state index contributed by atoms with van der Waals surface area (Å²) < 4.78 is 11.1. The van der Waals surface area contributed by atoms with E-state index in [1.54, 1.807) is 11.3 Å². The van der Waals surface area contributed by atoms with E-state index in [1.807, 2.05) is 6.07 Å². The molecule has 1 aromatic heterocycles. The van der Waals surface area contributed by atoms with E-state index in [4.69, 9.17) is 9.47 Å². The summed E-state index contributed by atoms with van der Waals surface area (Å²) in [6, 6.07) is 4.05. The minimum Gasteiger partial charge on any atom is -0.353 e. The van der Waals surface area contributed by atoms with E-state index < -0.39 is 0 Å². The lowest BCUT2D eigenvalue weighted by molar-refractivity contribution is -0.161. The minimum absolute atomic E-state index is 0.0488. The molecule has 2 heterocycles. The zero-order valence-electron chi connectivity index (χ0n) is 8.20. The number of hydrogen-bond donors (Lipinski definition) is 0. The van der Waals surface area contributed by atoms with Crippen molar-refractivity contribution in [1.82, 2.24) is 0 Å². The predicted molar refractivity (Wildman–Crippen MR) is 56.4 cm³/mol. The zero-order valence-corrected chi connectivity index (χ0v) is 9.02. The second-order valence-electron chi connectivity index (χ2n) is 3.44. The van der Waals surface area contributed by atoms with Gasteiger partial charge in [-0.3, -0.25) is 0 Å². The van der Waals surface area contributed by atoms with Gasteiger partial charge in [0.05, 0.1) is 6.61 Å². The fourth-order valence-corrected chi connectivity index (χ4v) is 2.15. The van der Waals surface area contributed by atoms with Crippen LogP contribution in [0.3, 0.4) is 0 Å². The Hall–Kier alpha value is -0.380. The van der Waals surface area contributed by atoms with E-state index >= 15 is 0 Å². The summed E-state index contributed by atoms with van der Waals surface area (Å²) in [6.07, 6.45) is 4.50. The standard InChI is InChI=1S/C11H15O2S/c1-2-7-12-11(5-1)13-8-6-10-4-3-9-14-10/h3-4,11H,1-2,5-8H2. The molecule has 2 nitrogen and oxygen atoms in total. The molecule has 1 aliphatic rings. The molecule has 1 atom stereocenters. The van der Waals surface area contributed by atoms with E-state index in [0.29, 0.717) is 0 Å². The summed E-state index contributed by atoms with van der Waals surface area (Å²) in [5, 5.41) is 3.07. The molecule has 0 aromatic carbocycles. The third-order valence-corrected chi connectivity index (χ3v) is 3.17. The molecule has 0 N–H and O–H groups in total. The van der Waals surface area contributed by atoms with Crippen molar-refractivity contribution in [3.8, 4) is 0 Å². The van der Waals surface area contributed by atoms with Crippen LogP contribution in [-0.2, 0) is 15.9 Å². The number of thiophene rings is 1. The minimum atomic E-state index is 0.0488. The third-order valence-electron chi connectivity index (χ3n) is 2.32. The molecule has 0 aliphatic carbocycles. The summed E-state index contributed by atoms with van der Waals surface area (Å²) in [4.78, 5) is 1.33. The average molecular weight is 211 g/mol. The van der Waals surface area contributed by atoms with Crippen molar-refractivity contribution in [2.75, 3.05) is 13.2 Å². The lowest BCUT2D eigenvalue weighted by Gasteiger charge is -2.22. The highest BCUT2D eigenvalue weighted by Crippen LogP contribution is 2.15. The maximum Gasteiger partial charge on any atom is 0.157 e. The lowest BCUT2D eigenvalue weighted by Crippen LogP contribution is -2.23. The van der Waals surface area contributed by atoms with E-state index in [1.165, 1.54) is 17.7 Å². The van der Waals surface area contributed by atoms with E-state index in [0.717, 1.165) is 26.1 Å². The first-order chi connectivity index (χ1) is 6.95. The second-order valence-corrected chi connectivity index (χ2v) is 4.40. The summed E-state index contributed by atoms with van der Waals surface area (Å²) in [5.74, 6) is 0. The van der Waals surface area contributed by atoms with Gasteiger partial charge in [-0.05, 0) is 31.4 Å². The molecule has 1 radical (unpaired) electrons. The molecule has 1 fully saturated rings. The van der Waals surface area contributed by atoms with Crippen LogP contribution in [0.15, 0.2) is 12.1 Å². The Kier molecular flexibility index (Phi) is 3.98. The normalized spacial score (nSPS) is 22.4. The molecule has 1 unspecified atom stereocenters. The van der Waals surface area contributed by atoms with Crippen molar-refractivity contribution >= 4 is 11.3 Å². The Morgan fingerprint density at radius 1 is 1.57 bits per heavy atom. The summed E-state index contributed by atoms with van der Waals surface area (Å²) in [5.41, 5.74) is 0. The first-order valence-corrected chi connectivity index (χ1v) is 5.95. The number of rotatable bonds is 4. The van der Waals surface area contributed by atoms with Gasteiger partial charge in [-0.2, -0.15) is 0 Å². The maximum absolute atomic E-state index is 5.63. The highest BCUT2D eigenvalue weighted by atomic mass is 32.1. The van der Waals surface area contributed by atoms with E-state index in [-0.39, 0.29) is 6.29 Å². The first kappa shape index (κ1) is 10.1. The van der Waals surface area contributed by atoms with Gasteiger partial charge in [0.25, 0.3) is 0 Å². The fourth-order valence-electron chi connectivity index (χ4n) is 1.54. The quantitative estimate of drug-likeness (QED) is 0.762. The molecule has 14 heavy (non-hydrogen) atoms. The molecule has 0 saturated carbocycles. The molecule has 0 bridgehead atoms. The average Bonchev–Trinajstić information content (AvgIpc) is 2.72. The number of ether oxygens (including phenoxy) is 2. The van der Waals surface area contributed by atoms with Crippen LogP contribution in [0.4, 0.5) is 0 Å². The van der Waals surface area contributed by atoms with Crippen LogP contribution >= 0.6 is 11.3 Å². The topological polar surface area (TPSA) is 18.5 Å². The predicted octanol–water partition coefficient (Wildman–Crippen LogP) is 2.63. The largest absolute Gasteiger partial charge is 0.353 e. The van der Waals surface area contributed by atoms with Crippen molar-refractivity contribution in [3.63, 3.8) is 0 Å². The van der Waals surface area contributed by atoms with Gasteiger partial charge in [0.15, 0.2) is 6.29 Å². The highest BCUT2D eigenvalue weighted by Gasteiger charge is 2.13.